The predicted molar refractivity (Wildman–Crippen MR) is 153 cm³/mol. The number of para-hydroxylation sites is 1. The van der Waals surface area contributed by atoms with E-state index in [0.717, 1.165) is 18.6 Å². The quantitative estimate of drug-likeness (QED) is 0.346. The average molecular weight is 532 g/mol. The zero-order valence-electron chi connectivity index (χ0n) is 23.1. The lowest BCUT2D eigenvalue weighted by molar-refractivity contribution is 0.0178. The number of benzene rings is 2. The highest BCUT2D eigenvalue weighted by atomic mass is 16.6. The van der Waals surface area contributed by atoms with Crippen LogP contribution in [0.1, 0.15) is 46.2 Å². The van der Waals surface area contributed by atoms with E-state index >= 15 is 0 Å². The Balaban J connectivity index is 1.58. The number of imidazole rings is 1. The number of hydrogen-bond acceptors (Lipinski definition) is 6. The lowest BCUT2D eigenvalue weighted by Crippen LogP contribution is -2.42. The minimum atomic E-state index is -0.539. The van der Waals surface area contributed by atoms with Gasteiger partial charge in [0.05, 0.1) is 11.4 Å². The van der Waals surface area contributed by atoms with E-state index in [1.54, 1.807) is 21.0 Å². The fraction of sp³-hybridized carbons (Fsp3) is 0.367. The Kier molecular flexibility index (Phi) is 8.28. The van der Waals surface area contributed by atoms with Crippen molar-refractivity contribution in [2.45, 2.75) is 52.7 Å². The van der Waals surface area contributed by atoms with Crippen LogP contribution in [0.15, 0.2) is 72.2 Å². The van der Waals surface area contributed by atoms with Crippen molar-refractivity contribution >= 4 is 17.6 Å². The molecule has 0 unspecified atom stereocenters. The van der Waals surface area contributed by atoms with Gasteiger partial charge in [-0.15, -0.1) is 0 Å². The van der Waals surface area contributed by atoms with E-state index in [0.29, 0.717) is 42.6 Å². The van der Waals surface area contributed by atoms with Crippen molar-refractivity contribution in [2.75, 3.05) is 18.4 Å². The van der Waals surface area contributed by atoms with Gasteiger partial charge in [0.15, 0.2) is 0 Å². The van der Waals surface area contributed by atoms with Crippen LogP contribution in [0.2, 0.25) is 0 Å². The summed E-state index contributed by atoms with van der Waals surface area (Å²) in [5, 5.41) is 11.6. The monoisotopic (exact) mass is 531 g/mol. The normalized spacial score (nSPS) is 14.1. The second-order valence-corrected chi connectivity index (χ2v) is 10.7. The molecule has 4 rings (SSSR count). The number of amides is 1. The summed E-state index contributed by atoms with van der Waals surface area (Å²) in [5.74, 6) is 2.08. The van der Waals surface area contributed by atoms with Crippen LogP contribution in [-0.4, -0.2) is 44.5 Å². The van der Waals surface area contributed by atoms with Crippen molar-refractivity contribution in [3.05, 3.63) is 83.6 Å². The van der Waals surface area contributed by atoms with Gasteiger partial charge in [-0.3, -0.25) is 9.13 Å². The van der Waals surface area contributed by atoms with Crippen LogP contribution in [0.4, 0.5) is 10.6 Å². The number of aromatic nitrogens is 2. The van der Waals surface area contributed by atoms with E-state index in [2.05, 4.69) is 11.9 Å². The molecule has 3 aromatic rings. The molecule has 0 radical (unpaired) electrons. The summed E-state index contributed by atoms with van der Waals surface area (Å²) in [6, 6.07) is 16.7. The number of hydrogen-bond donors (Lipinski definition) is 2. The molecule has 9 heteroatoms. The first-order valence-corrected chi connectivity index (χ1v) is 13.2. The van der Waals surface area contributed by atoms with Crippen molar-refractivity contribution in [2.24, 2.45) is 5.92 Å². The third-order valence-electron chi connectivity index (χ3n) is 6.51. The third-order valence-corrected chi connectivity index (χ3v) is 6.51. The predicted octanol–water partition coefficient (Wildman–Crippen LogP) is 6.02. The van der Waals surface area contributed by atoms with Crippen molar-refractivity contribution in [3.63, 3.8) is 0 Å². The Bertz CT molecular complexity index is 1380. The highest BCUT2D eigenvalue weighted by Crippen LogP contribution is 2.27. The van der Waals surface area contributed by atoms with Gasteiger partial charge in [-0.05, 0) is 89.1 Å². The van der Waals surface area contributed by atoms with Crippen LogP contribution in [0.5, 0.6) is 11.5 Å². The van der Waals surface area contributed by atoms with Gasteiger partial charge in [0.1, 0.15) is 28.6 Å². The molecule has 2 aromatic carbocycles. The van der Waals surface area contributed by atoms with Crippen LogP contribution >= 0.6 is 0 Å². The Morgan fingerprint density at radius 1 is 1.08 bits per heavy atom. The van der Waals surface area contributed by atoms with Crippen molar-refractivity contribution in [1.29, 1.82) is 5.41 Å². The minimum Gasteiger partial charge on any atom is -0.457 e. The summed E-state index contributed by atoms with van der Waals surface area (Å²) in [5.41, 5.74) is 0.574. The van der Waals surface area contributed by atoms with E-state index in [1.807, 2.05) is 75.4 Å². The van der Waals surface area contributed by atoms with Crippen molar-refractivity contribution in [1.82, 2.24) is 14.0 Å². The molecule has 1 saturated heterocycles. The number of nitrogens with zero attached hydrogens (tertiary/aromatic N) is 3. The Hall–Kier alpha value is -4.27. The minimum absolute atomic E-state index is 0.183. The first kappa shape index (κ1) is 27.8. The fourth-order valence-corrected chi connectivity index (χ4v) is 4.71. The molecule has 1 fully saturated rings. The molecule has 1 aliphatic heterocycles. The molecule has 1 aliphatic rings. The maximum absolute atomic E-state index is 13.8. The Labute approximate surface area is 229 Å². The first-order chi connectivity index (χ1) is 18.6. The van der Waals surface area contributed by atoms with E-state index in [-0.39, 0.29) is 23.4 Å². The summed E-state index contributed by atoms with van der Waals surface area (Å²) in [6.45, 7) is 12.6. The van der Waals surface area contributed by atoms with Gasteiger partial charge in [0, 0.05) is 19.6 Å². The molecule has 206 valence electrons. The number of piperidine rings is 1. The summed E-state index contributed by atoms with van der Waals surface area (Å²) in [6.07, 6.45) is 2.70. The van der Waals surface area contributed by atoms with Crippen LogP contribution in [0.3, 0.4) is 0 Å². The molecule has 1 amide bonds. The van der Waals surface area contributed by atoms with Crippen LogP contribution < -0.4 is 15.7 Å². The third kappa shape index (κ3) is 6.60. The number of anilines is 1. The van der Waals surface area contributed by atoms with E-state index in [4.69, 9.17) is 14.9 Å². The second-order valence-electron chi connectivity index (χ2n) is 10.7. The van der Waals surface area contributed by atoms with Crippen molar-refractivity contribution in [3.8, 4) is 17.2 Å². The largest absolute Gasteiger partial charge is 0.457 e. The Morgan fingerprint density at radius 2 is 1.69 bits per heavy atom. The molecular weight excluding hydrogens is 494 g/mol. The van der Waals surface area contributed by atoms with E-state index in [1.165, 1.54) is 6.20 Å². The molecule has 0 saturated carbocycles. The van der Waals surface area contributed by atoms with Gasteiger partial charge in [-0.25, -0.2) is 9.59 Å². The summed E-state index contributed by atoms with van der Waals surface area (Å²) in [7, 11) is 0. The van der Waals surface area contributed by atoms with Gasteiger partial charge < -0.3 is 25.1 Å². The first-order valence-electron chi connectivity index (χ1n) is 13.2. The highest BCUT2D eigenvalue weighted by molar-refractivity contribution is 6.00. The van der Waals surface area contributed by atoms with Crippen LogP contribution in [0.25, 0.3) is 5.69 Å². The molecule has 0 spiro atoms. The fourth-order valence-electron chi connectivity index (χ4n) is 4.71. The number of likely N-dealkylation sites (tertiary alicyclic amines) is 1. The molecule has 0 aliphatic carbocycles. The SMILES string of the molecule is C=CNc1c(C(C)=N)n(-c2ccc(Oc3ccccc3)cc2)c(=O)n1CC1CCN(C(=O)OC(C)(C)C)CC1. The van der Waals surface area contributed by atoms with E-state index < -0.39 is 5.60 Å². The maximum Gasteiger partial charge on any atom is 0.410 e. The molecule has 2 N–H and O–H groups in total. The molecule has 0 bridgehead atoms. The zero-order valence-corrected chi connectivity index (χ0v) is 23.1. The molecule has 1 aromatic heterocycles. The van der Waals surface area contributed by atoms with E-state index in [9.17, 15) is 9.59 Å². The number of carbonyl (C=O) groups is 1. The van der Waals surface area contributed by atoms with Gasteiger partial charge in [-0.2, -0.15) is 0 Å². The molecule has 9 nitrogen and oxygen atoms in total. The van der Waals surface area contributed by atoms with Crippen LogP contribution in [-0.2, 0) is 11.3 Å². The van der Waals surface area contributed by atoms with Crippen LogP contribution in [0, 0.1) is 11.3 Å². The number of carbonyl (C=O) groups excluding carboxylic acids is 1. The second kappa shape index (κ2) is 11.6. The average Bonchev–Trinajstić information content (AvgIpc) is 3.16. The lowest BCUT2D eigenvalue weighted by atomic mass is 9.97. The molecule has 0 atom stereocenters. The van der Waals surface area contributed by atoms with Crippen molar-refractivity contribution < 1.29 is 14.3 Å². The maximum atomic E-state index is 13.8. The number of ether oxygens (including phenoxy) is 2. The van der Waals surface area contributed by atoms with Gasteiger partial charge in [-0.1, -0.05) is 24.8 Å². The van der Waals surface area contributed by atoms with Gasteiger partial charge in [0.2, 0.25) is 0 Å². The summed E-state index contributed by atoms with van der Waals surface area (Å²) < 4.78 is 14.6. The molecule has 2 heterocycles. The molecule has 39 heavy (non-hydrogen) atoms. The summed E-state index contributed by atoms with van der Waals surface area (Å²) in [4.78, 5) is 28.0. The topological polar surface area (TPSA) is 102 Å². The smallest absolute Gasteiger partial charge is 0.410 e. The number of nitrogens with one attached hydrogen (secondary N) is 2. The Morgan fingerprint density at radius 3 is 2.26 bits per heavy atom. The standard InChI is InChI=1S/C30H37N5O4/c1-6-32-27-26(21(2)31)35(23-12-14-25(15-13-23)38-24-10-8-7-9-11-24)28(36)34(27)20-22-16-18-33(19-17-22)29(37)39-30(3,4)5/h6-15,22,31-32H,1,16-20H2,2-5H3. The van der Waals surface area contributed by atoms with Gasteiger partial charge >= 0.3 is 11.8 Å². The summed E-state index contributed by atoms with van der Waals surface area (Å²) >= 11 is 0. The highest BCUT2D eigenvalue weighted by Gasteiger charge is 2.29. The van der Waals surface area contributed by atoms with Gasteiger partial charge in [0.25, 0.3) is 0 Å². The lowest BCUT2D eigenvalue weighted by Gasteiger charge is -2.33. The number of rotatable bonds is 8. The zero-order chi connectivity index (χ0) is 28.2. The molecular formula is C30H37N5O4.